The predicted molar refractivity (Wildman–Crippen MR) is 60.3 cm³/mol. The maximum atomic E-state index is 8.43. The Hall–Kier alpha value is -2.01. The number of fused-ring (bicyclic) bond motifs is 1. The van der Waals surface area contributed by atoms with Crippen LogP contribution in [0, 0.1) is 25.2 Å². The molecule has 2 rings (SSSR count). The Morgan fingerprint density at radius 1 is 1.33 bits per heavy atom. The SMILES string of the molecule is Cc1oc2cc(C=CC#N)ccc2c1C. The van der Waals surface area contributed by atoms with Gasteiger partial charge in [0, 0.05) is 11.5 Å². The van der Waals surface area contributed by atoms with Gasteiger partial charge in [0.05, 0.1) is 6.07 Å². The lowest BCUT2D eigenvalue weighted by molar-refractivity contribution is 0.575. The van der Waals surface area contributed by atoms with Crippen LogP contribution in [0.5, 0.6) is 0 Å². The molecule has 0 atom stereocenters. The summed E-state index contributed by atoms with van der Waals surface area (Å²) >= 11 is 0. The number of nitriles is 1. The van der Waals surface area contributed by atoms with Gasteiger partial charge in [-0.2, -0.15) is 5.26 Å². The molecule has 15 heavy (non-hydrogen) atoms. The molecular weight excluding hydrogens is 186 g/mol. The number of benzene rings is 1. The van der Waals surface area contributed by atoms with Crippen molar-refractivity contribution in [1.82, 2.24) is 0 Å². The number of aryl methyl sites for hydroxylation is 2. The average Bonchev–Trinajstić information content (AvgIpc) is 2.52. The highest BCUT2D eigenvalue weighted by molar-refractivity contribution is 5.84. The summed E-state index contributed by atoms with van der Waals surface area (Å²) < 4.78 is 5.60. The number of hydrogen-bond donors (Lipinski definition) is 0. The first-order valence-electron chi connectivity index (χ1n) is 4.78. The van der Waals surface area contributed by atoms with Crippen LogP contribution in [-0.4, -0.2) is 0 Å². The topological polar surface area (TPSA) is 36.9 Å². The molecule has 2 heteroatoms. The predicted octanol–water partition coefficient (Wildman–Crippen LogP) is 3.59. The van der Waals surface area contributed by atoms with Gasteiger partial charge in [-0.3, -0.25) is 0 Å². The summed E-state index contributed by atoms with van der Waals surface area (Å²) in [5, 5.41) is 9.57. The monoisotopic (exact) mass is 197 g/mol. The van der Waals surface area contributed by atoms with E-state index in [1.165, 1.54) is 11.6 Å². The van der Waals surface area contributed by atoms with Crippen molar-refractivity contribution in [1.29, 1.82) is 5.26 Å². The molecule has 2 aromatic rings. The highest BCUT2D eigenvalue weighted by atomic mass is 16.3. The van der Waals surface area contributed by atoms with Crippen molar-refractivity contribution in [3.63, 3.8) is 0 Å². The highest BCUT2D eigenvalue weighted by Crippen LogP contribution is 2.25. The molecule has 0 aliphatic heterocycles. The first kappa shape index (κ1) is 9.54. The molecule has 0 unspecified atom stereocenters. The van der Waals surface area contributed by atoms with Crippen molar-refractivity contribution in [2.75, 3.05) is 0 Å². The van der Waals surface area contributed by atoms with Crippen LogP contribution >= 0.6 is 0 Å². The lowest BCUT2D eigenvalue weighted by Crippen LogP contribution is -1.73. The fraction of sp³-hybridized carbons (Fsp3) is 0.154. The molecule has 0 radical (unpaired) electrons. The molecule has 0 spiro atoms. The summed E-state index contributed by atoms with van der Waals surface area (Å²) in [5.74, 6) is 0.950. The Kier molecular flexibility index (Phi) is 2.31. The van der Waals surface area contributed by atoms with Crippen LogP contribution in [0.15, 0.2) is 28.7 Å². The summed E-state index contributed by atoms with van der Waals surface area (Å²) in [6.45, 7) is 4.01. The van der Waals surface area contributed by atoms with E-state index in [0.29, 0.717) is 0 Å². The van der Waals surface area contributed by atoms with Gasteiger partial charge in [0.2, 0.25) is 0 Å². The minimum atomic E-state index is 0.880. The summed E-state index contributed by atoms with van der Waals surface area (Å²) in [5.41, 5.74) is 3.05. The van der Waals surface area contributed by atoms with Gasteiger partial charge in [-0.05, 0) is 37.1 Å². The minimum absolute atomic E-state index is 0.880. The van der Waals surface area contributed by atoms with Crippen molar-refractivity contribution in [2.24, 2.45) is 0 Å². The van der Waals surface area contributed by atoms with E-state index in [9.17, 15) is 0 Å². The summed E-state index contributed by atoms with van der Waals surface area (Å²) in [7, 11) is 0. The van der Waals surface area contributed by atoms with Gasteiger partial charge in [0.1, 0.15) is 11.3 Å². The molecule has 1 heterocycles. The summed E-state index contributed by atoms with van der Waals surface area (Å²) in [4.78, 5) is 0. The van der Waals surface area contributed by atoms with E-state index in [2.05, 4.69) is 0 Å². The quantitative estimate of drug-likeness (QED) is 0.655. The highest BCUT2D eigenvalue weighted by Gasteiger charge is 2.05. The van der Waals surface area contributed by atoms with Crippen LogP contribution in [0.25, 0.3) is 17.0 Å². The second-order valence-electron chi connectivity index (χ2n) is 3.50. The van der Waals surface area contributed by atoms with Crippen molar-refractivity contribution in [2.45, 2.75) is 13.8 Å². The molecule has 0 aliphatic rings. The molecular formula is C13H11NO. The third kappa shape index (κ3) is 1.64. The van der Waals surface area contributed by atoms with E-state index < -0.39 is 0 Å². The van der Waals surface area contributed by atoms with Crippen LogP contribution in [0.1, 0.15) is 16.9 Å². The lowest BCUT2D eigenvalue weighted by atomic mass is 10.1. The van der Waals surface area contributed by atoms with E-state index in [1.807, 2.05) is 38.1 Å². The molecule has 0 saturated carbocycles. The number of furan rings is 1. The lowest BCUT2D eigenvalue weighted by Gasteiger charge is -1.92. The molecule has 0 aliphatic carbocycles. The largest absolute Gasteiger partial charge is 0.461 e. The molecule has 1 aromatic heterocycles. The molecule has 0 saturated heterocycles. The zero-order chi connectivity index (χ0) is 10.8. The number of allylic oxidation sites excluding steroid dienone is 1. The first-order chi connectivity index (χ1) is 7.22. The molecule has 74 valence electrons. The van der Waals surface area contributed by atoms with Crippen molar-refractivity contribution >= 4 is 17.0 Å². The first-order valence-corrected chi connectivity index (χ1v) is 4.78. The van der Waals surface area contributed by atoms with Gasteiger partial charge in [0.15, 0.2) is 0 Å². The zero-order valence-electron chi connectivity index (χ0n) is 8.74. The van der Waals surface area contributed by atoms with Crippen LogP contribution < -0.4 is 0 Å². The molecule has 2 nitrogen and oxygen atoms in total. The van der Waals surface area contributed by atoms with E-state index in [4.69, 9.17) is 9.68 Å². The maximum absolute atomic E-state index is 8.43. The zero-order valence-corrected chi connectivity index (χ0v) is 8.74. The van der Waals surface area contributed by atoms with Crippen LogP contribution in [0.4, 0.5) is 0 Å². The van der Waals surface area contributed by atoms with Crippen molar-refractivity contribution in [3.05, 3.63) is 41.2 Å². The van der Waals surface area contributed by atoms with Crippen molar-refractivity contribution < 1.29 is 4.42 Å². The van der Waals surface area contributed by atoms with Gasteiger partial charge in [-0.1, -0.05) is 12.1 Å². The van der Waals surface area contributed by atoms with Crippen LogP contribution in [0.2, 0.25) is 0 Å². The van der Waals surface area contributed by atoms with Crippen LogP contribution in [0.3, 0.4) is 0 Å². The van der Waals surface area contributed by atoms with Gasteiger partial charge >= 0.3 is 0 Å². The number of nitrogens with zero attached hydrogens (tertiary/aromatic N) is 1. The number of hydrogen-bond acceptors (Lipinski definition) is 2. The van der Waals surface area contributed by atoms with Crippen molar-refractivity contribution in [3.8, 4) is 6.07 Å². The fourth-order valence-electron chi connectivity index (χ4n) is 1.60. The second-order valence-corrected chi connectivity index (χ2v) is 3.50. The van der Waals surface area contributed by atoms with E-state index in [-0.39, 0.29) is 0 Å². The Morgan fingerprint density at radius 3 is 2.87 bits per heavy atom. The van der Waals surface area contributed by atoms with E-state index in [0.717, 1.165) is 22.3 Å². The molecule has 0 fully saturated rings. The van der Waals surface area contributed by atoms with Gasteiger partial charge in [-0.25, -0.2) is 0 Å². The van der Waals surface area contributed by atoms with E-state index >= 15 is 0 Å². The normalized spacial score (nSPS) is 11.0. The Labute approximate surface area is 88.4 Å². The Morgan fingerprint density at radius 2 is 2.13 bits per heavy atom. The molecule has 0 bridgehead atoms. The third-order valence-corrected chi connectivity index (χ3v) is 2.55. The second kappa shape index (κ2) is 3.62. The molecule has 1 aromatic carbocycles. The Bertz CT molecular complexity index is 570. The molecule has 0 N–H and O–H groups in total. The smallest absolute Gasteiger partial charge is 0.135 e. The summed E-state index contributed by atoms with van der Waals surface area (Å²) in [6.07, 6.45) is 3.23. The molecule has 0 amide bonds. The third-order valence-electron chi connectivity index (χ3n) is 2.55. The van der Waals surface area contributed by atoms with Gasteiger partial charge in [-0.15, -0.1) is 0 Å². The maximum Gasteiger partial charge on any atom is 0.135 e. The van der Waals surface area contributed by atoms with E-state index in [1.54, 1.807) is 6.08 Å². The Balaban J connectivity index is 2.58. The minimum Gasteiger partial charge on any atom is -0.461 e. The van der Waals surface area contributed by atoms with Gasteiger partial charge < -0.3 is 4.42 Å². The standard InChI is InChI=1S/C13H11NO/c1-9-10(2)15-13-8-11(4-3-7-14)5-6-12(9)13/h3-6,8H,1-2H3. The average molecular weight is 197 g/mol. The fourth-order valence-corrected chi connectivity index (χ4v) is 1.60. The number of rotatable bonds is 1. The summed E-state index contributed by atoms with van der Waals surface area (Å²) in [6, 6.07) is 7.93. The van der Waals surface area contributed by atoms with Crippen LogP contribution in [-0.2, 0) is 0 Å². The van der Waals surface area contributed by atoms with Gasteiger partial charge in [0.25, 0.3) is 0 Å².